The molecule has 5 heterocycles. The van der Waals surface area contributed by atoms with Crippen molar-refractivity contribution in [1.29, 1.82) is 0 Å². The van der Waals surface area contributed by atoms with E-state index in [1.54, 1.807) is 13.1 Å². The summed E-state index contributed by atoms with van der Waals surface area (Å²) in [6, 6.07) is 0.107. The molecule has 0 radical (unpaired) electrons. The molecule has 2 aliphatic heterocycles. The van der Waals surface area contributed by atoms with Gasteiger partial charge in [-0.25, -0.2) is 9.67 Å². The van der Waals surface area contributed by atoms with Gasteiger partial charge in [-0.2, -0.15) is 0 Å². The first-order valence-electron chi connectivity index (χ1n) is 8.83. The Bertz CT molecular complexity index is 1120. The van der Waals surface area contributed by atoms with Crippen molar-refractivity contribution in [3.8, 4) is 0 Å². The van der Waals surface area contributed by atoms with Gasteiger partial charge in [0.2, 0.25) is 0 Å². The van der Waals surface area contributed by atoms with Gasteiger partial charge in [-0.05, 0) is 25.8 Å². The summed E-state index contributed by atoms with van der Waals surface area (Å²) in [6.07, 6.45) is 2.38. The maximum Gasteiger partial charge on any atom is 0.264 e. The first-order valence-corrected chi connectivity index (χ1v) is 9.64. The lowest BCUT2D eigenvalue weighted by Gasteiger charge is -2.40. The number of H-pyrrole nitrogens is 1. The number of piperidine rings is 1. The Hall–Kier alpha value is -2.59. The minimum Gasteiger partial charge on any atom is -0.368 e. The first-order chi connectivity index (χ1) is 13.0. The summed E-state index contributed by atoms with van der Waals surface area (Å²) in [6.45, 7) is 5.11. The third kappa shape index (κ3) is 2.51. The summed E-state index contributed by atoms with van der Waals surface area (Å²) in [5.74, 6) is 0.479. The van der Waals surface area contributed by atoms with Crippen LogP contribution in [0.4, 0.5) is 0 Å². The number of fused-ring (bicyclic) bond motifs is 4. The van der Waals surface area contributed by atoms with Crippen LogP contribution in [-0.2, 0) is 11.3 Å². The molecule has 0 unspecified atom stereocenters. The van der Waals surface area contributed by atoms with E-state index in [9.17, 15) is 9.59 Å². The molecule has 0 bridgehead atoms. The van der Waals surface area contributed by atoms with Crippen molar-refractivity contribution in [2.75, 3.05) is 13.1 Å². The van der Waals surface area contributed by atoms with Crippen LogP contribution in [0.3, 0.4) is 0 Å². The molecule has 140 valence electrons. The third-order valence-corrected chi connectivity index (χ3v) is 6.51. The monoisotopic (exact) mass is 386 g/mol. The van der Waals surface area contributed by atoms with Crippen molar-refractivity contribution in [1.82, 2.24) is 29.9 Å². The van der Waals surface area contributed by atoms with Gasteiger partial charge in [-0.3, -0.25) is 9.59 Å². The highest BCUT2D eigenvalue weighted by Crippen LogP contribution is 2.33. The first kappa shape index (κ1) is 16.6. The molecule has 1 N–H and O–H groups in total. The lowest BCUT2D eigenvalue weighted by Crippen LogP contribution is -2.50. The Morgan fingerprint density at radius 3 is 3.11 bits per heavy atom. The van der Waals surface area contributed by atoms with E-state index in [4.69, 9.17) is 4.74 Å². The number of amides is 1. The van der Waals surface area contributed by atoms with Crippen LogP contribution in [0.15, 0.2) is 11.0 Å². The predicted molar refractivity (Wildman–Crippen MR) is 97.9 cm³/mol. The molecule has 1 fully saturated rings. The smallest absolute Gasteiger partial charge is 0.264 e. The Balaban J connectivity index is 1.44. The number of hydrogen-bond acceptors (Lipinski definition) is 7. The van der Waals surface area contributed by atoms with Crippen LogP contribution < -0.4 is 5.56 Å². The second-order valence-electron chi connectivity index (χ2n) is 7.01. The Labute approximate surface area is 158 Å². The number of ether oxygens (including phenoxy) is 1. The van der Waals surface area contributed by atoms with Crippen LogP contribution in [0.2, 0.25) is 0 Å². The molecule has 5 rings (SSSR count). The molecule has 0 aromatic carbocycles. The molecule has 9 nitrogen and oxygen atoms in total. The fraction of sp³-hybridized carbons (Fsp3) is 0.471. The van der Waals surface area contributed by atoms with Crippen LogP contribution >= 0.6 is 11.3 Å². The molecule has 0 spiro atoms. The molecular weight excluding hydrogens is 368 g/mol. The van der Waals surface area contributed by atoms with E-state index in [1.807, 2.05) is 16.5 Å². The van der Waals surface area contributed by atoms with Crippen LogP contribution in [0.25, 0.3) is 10.2 Å². The standard InChI is InChI=1S/C17H18N6O3S/c1-8-13-15(24)19-9(2)20-16(13)27-14(8)17(25)22-4-3-11-12(6-22)26-7-10-5-18-21-23(10)11/h5,11-12H,3-4,6-7H2,1-2H3,(H,19,20,24)/t11-,12-/m0/s1. The van der Waals surface area contributed by atoms with Crippen LogP contribution in [-0.4, -0.2) is 55.0 Å². The molecule has 10 heteroatoms. The summed E-state index contributed by atoms with van der Waals surface area (Å²) >= 11 is 1.28. The molecule has 3 aromatic rings. The normalized spacial score (nSPS) is 21.9. The number of aromatic amines is 1. The van der Waals surface area contributed by atoms with E-state index >= 15 is 0 Å². The lowest BCUT2D eigenvalue weighted by atomic mass is 10.00. The zero-order chi connectivity index (χ0) is 18.7. The molecular formula is C17H18N6O3S. The lowest BCUT2D eigenvalue weighted by molar-refractivity contribution is -0.0627. The molecule has 3 aromatic heterocycles. The van der Waals surface area contributed by atoms with Crippen molar-refractivity contribution >= 4 is 27.5 Å². The summed E-state index contributed by atoms with van der Waals surface area (Å²) in [4.78, 5) is 35.5. The largest absolute Gasteiger partial charge is 0.368 e. The average molecular weight is 386 g/mol. The summed E-state index contributed by atoms with van der Waals surface area (Å²) in [7, 11) is 0. The number of carbonyl (C=O) groups is 1. The van der Waals surface area contributed by atoms with E-state index in [2.05, 4.69) is 20.3 Å². The minimum absolute atomic E-state index is 0.0704. The SMILES string of the molecule is Cc1nc2sc(C(=O)N3CC[C@H]4[C@H](C3)OCc3cnnn34)c(C)c2c(=O)[nH]1. The molecule has 0 aliphatic carbocycles. The maximum absolute atomic E-state index is 13.2. The zero-order valence-corrected chi connectivity index (χ0v) is 15.7. The Morgan fingerprint density at radius 1 is 1.41 bits per heavy atom. The number of thiophene rings is 1. The number of aromatic nitrogens is 5. The van der Waals surface area contributed by atoms with Gasteiger partial charge in [0.25, 0.3) is 11.5 Å². The van der Waals surface area contributed by atoms with Gasteiger partial charge in [-0.15, -0.1) is 16.4 Å². The van der Waals surface area contributed by atoms with Crippen LogP contribution in [0.1, 0.15) is 39.2 Å². The summed E-state index contributed by atoms with van der Waals surface area (Å²) < 4.78 is 7.87. The number of hydrogen-bond donors (Lipinski definition) is 1. The third-order valence-electron chi connectivity index (χ3n) is 5.33. The van der Waals surface area contributed by atoms with Crippen molar-refractivity contribution < 1.29 is 9.53 Å². The molecule has 1 saturated heterocycles. The number of rotatable bonds is 1. The van der Waals surface area contributed by atoms with Crippen molar-refractivity contribution in [3.63, 3.8) is 0 Å². The van der Waals surface area contributed by atoms with E-state index in [1.165, 1.54) is 11.3 Å². The molecule has 2 aliphatic rings. The Kier molecular flexibility index (Phi) is 3.66. The quantitative estimate of drug-likeness (QED) is 0.673. The minimum atomic E-state index is -0.196. The fourth-order valence-corrected chi connectivity index (χ4v) is 5.17. The number of likely N-dealkylation sites (tertiary alicyclic amines) is 1. The number of nitrogens with one attached hydrogen (secondary N) is 1. The van der Waals surface area contributed by atoms with Gasteiger partial charge in [0, 0.05) is 13.1 Å². The van der Waals surface area contributed by atoms with Gasteiger partial charge in [0.05, 0.1) is 40.9 Å². The average Bonchev–Trinajstić information content (AvgIpc) is 3.25. The number of carbonyl (C=O) groups excluding carboxylic acids is 1. The highest BCUT2D eigenvalue weighted by atomic mass is 32.1. The van der Waals surface area contributed by atoms with Crippen LogP contribution in [0.5, 0.6) is 0 Å². The van der Waals surface area contributed by atoms with Crippen molar-refractivity contribution in [2.24, 2.45) is 0 Å². The Morgan fingerprint density at radius 2 is 2.26 bits per heavy atom. The summed E-state index contributed by atoms with van der Waals surface area (Å²) in [5, 5.41) is 8.64. The van der Waals surface area contributed by atoms with Gasteiger partial charge in [0.15, 0.2) is 0 Å². The summed E-state index contributed by atoms with van der Waals surface area (Å²) in [5.41, 5.74) is 1.47. The van der Waals surface area contributed by atoms with Crippen LogP contribution in [0, 0.1) is 13.8 Å². The van der Waals surface area contributed by atoms with E-state index in [-0.39, 0.29) is 23.6 Å². The van der Waals surface area contributed by atoms with E-state index in [0.29, 0.717) is 46.2 Å². The number of aryl methyl sites for hydroxylation is 2. The maximum atomic E-state index is 13.2. The second-order valence-corrected chi connectivity index (χ2v) is 8.01. The van der Waals surface area contributed by atoms with Gasteiger partial charge >= 0.3 is 0 Å². The van der Waals surface area contributed by atoms with Crippen molar-refractivity contribution in [3.05, 3.63) is 38.5 Å². The van der Waals surface area contributed by atoms with E-state index in [0.717, 1.165) is 12.1 Å². The molecule has 2 atom stereocenters. The number of nitrogens with zero attached hydrogens (tertiary/aromatic N) is 5. The second kappa shape index (κ2) is 5.96. The fourth-order valence-electron chi connectivity index (χ4n) is 3.97. The highest BCUT2D eigenvalue weighted by molar-refractivity contribution is 7.20. The van der Waals surface area contributed by atoms with Gasteiger partial charge in [-0.1, -0.05) is 5.21 Å². The van der Waals surface area contributed by atoms with Gasteiger partial charge in [0.1, 0.15) is 10.7 Å². The molecule has 0 saturated carbocycles. The van der Waals surface area contributed by atoms with E-state index < -0.39 is 0 Å². The van der Waals surface area contributed by atoms with Crippen molar-refractivity contribution in [2.45, 2.75) is 39.0 Å². The molecule has 1 amide bonds. The molecule has 27 heavy (non-hydrogen) atoms. The predicted octanol–water partition coefficient (Wildman–Crippen LogP) is 1.18. The highest BCUT2D eigenvalue weighted by Gasteiger charge is 2.38. The zero-order valence-electron chi connectivity index (χ0n) is 14.9. The topological polar surface area (TPSA) is 106 Å². The van der Waals surface area contributed by atoms with Gasteiger partial charge < -0.3 is 14.6 Å².